The van der Waals surface area contributed by atoms with Crippen molar-refractivity contribution in [2.24, 2.45) is 0 Å². The van der Waals surface area contributed by atoms with Crippen LogP contribution in [0, 0.1) is 11.3 Å². The Morgan fingerprint density at radius 1 is 1.50 bits per heavy atom. The highest BCUT2D eigenvalue weighted by Gasteiger charge is 2.20. The molecule has 0 saturated heterocycles. The van der Waals surface area contributed by atoms with E-state index < -0.39 is 5.97 Å². The summed E-state index contributed by atoms with van der Waals surface area (Å²) >= 11 is 3.26. The summed E-state index contributed by atoms with van der Waals surface area (Å²) in [6.45, 7) is 0. The maximum atomic E-state index is 11.6. The summed E-state index contributed by atoms with van der Waals surface area (Å²) in [5, 5.41) is 9.51. The number of ether oxygens (including phenoxy) is 2. The van der Waals surface area contributed by atoms with Crippen molar-refractivity contribution in [2.75, 3.05) is 14.2 Å². The number of benzene rings is 1. The smallest absolute Gasteiger partial charge is 0.339 e. The number of esters is 1. The van der Waals surface area contributed by atoms with E-state index in [0.29, 0.717) is 16.6 Å². The van der Waals surface area contributed by atoms with E-state index in [2.05, 4.69) is 20.7 Å². The first kappa shape index (κ1) is 12.5. The van der Waals surface area contributed by atoms with Gasteiger partial charge in [0.25, 0.3) is 0 Å². The number of halogens is 1. The molecule has 4 nitrogen and oxygen atoms in total. The first-order valence-electron chi connectivity index (χ1n) is 4.43. The highest BCUT2D eigenvalue weighted by Crippen LogP contribution is 2.26. The van der Waals surface area contributed by atoms with Gasteiger partial charge in [0.1, 0.15) is 17.4 Å². The minimum atomic E-state index is -0.537. The Hall–Kier alpha value is -1.54. The van der Waals surface area contributed by atoms with Crippen molar-refractivity contribution in [3.63, 3.8) is 0 Å². The Balaban J connectivity index is 3.50. The largest absolute Gasteiger partial charge is 0.495 e. The van der Waals surface area contributed by atoms with Crippen molar-refractivity contribution in [1.29, 1.82) is 5.26 Å². The Morgan fingerprint density at radius 2 is 2.19 bits per heavy atom. The van der Waals surface area contributed by atoms with Crippen LogP contribution in [0.4, 0.5) is 0 Å². The molecule has 0 atom stereocenters. The third kappa shape index (κ3) is 2.17. The molecule has 1 aromatic rings. The van der Waals surface area contributed by atoms with Crippen LogP contribution in [0.15, 0.2) is 12.1 Å². The number of nitrogens with zero attached hydrogens (tertiary/aromatic N) is 1. The minimum absolute atomic E-state index is 0.200. The summed E-state index contributed by atoms with van der Waals surface area (Å²) in [4.78, 5) is 11.6. The van der Waals surface area contributed by atoms with E-state index in [0.717, 1.165) is 0 Å². The van der Waals surface area contributed by atoms with Crippen LogP contribution in [-0.2, 0) is 10.1 Å². The van der Waals surface area contributed by atoms with Crippen LogP contribution in [-0.4, -0.2) is 20.2 Å². The van der Waals surface area contributed by atoms with Gasteiger partial charge in [-0.25, -0.2) is 4.79 Å². The van der Waals surface area contributed by atoms with Gasteiger partial charge in [0.05, 0.1) is 19.8 Å². The van der Waals surface area contributed by atoms with Crippen molar-refractivity contribution >= 4 is 21.9 Å². The van der Waals surface area contributed by atoms with E-state index in [1.54, 1.807) is 12.1 Å². The lowest BCUT2D eigenvalue weighted by Gasteiger charge is -2.10. The van der Waals surface area contributed by atoms with Gasteiger partial charge in [-0.1, -0.05) is 22.0 Å². The predicted octanol–water partition coefficient (Wildman–Crippen LogP) is 2.25. The third-order valence-corrected chi connectivity index (χ3v) is 2.72. The third-order valence-electron chi connectivity index (χ3n) is 2.12. The molecule has 0 fully saturated rings. The molecule has 0 aromatic heterocycles. The van der Waals surface area contributed by atoms with Gasteiger partial charge in [-0.15, -0.1) is 0 Å². The van der Waals surface area contributed by atoms with E-state index in [1.165, 1.54) is 14.2 Å². The molecule has 0 spiro atoms. The van der Waals surface area contributed by atoms with Crippen molar-refractivity contribution in [3.8, 4) is 11.8 Å². The van der Waals surface area contributed by atoms with Gasteiger partial charge in [0.2, 0.25) is 0 Å². The number of carbonyl (C=O) groups is 1. The van der Waals surface area contributed by atoms with Gasteiger partial charge in [0, 0.05) is 5.33 Å². The van der Waals surface area contributed by atoms with Crippen LogP contribution in [0.2, 0.25) is 0 Å². The molecule has 0 saturated carbocycles. The number of hydrogen-bond acceptors (Lipinski definition) is 4. The summed E-state index contributed by atoms with van der Waals surface area (Å²) < 4.78 is 9.68. The summed E-state index contributed by atoms with van der Waals surface area (Å²) in [6.07, 6.45) is 0. The van der Waals surface area contributed by atoms with Gasteiger partial charge >= 0.3 is 5.97 Å². The van der Waals surface area contributed by atoms with Crippen LogP contribution >= 0.6 is 15.9 Å². The average Bonchev–Trinajstić information content (AvgIpc) is 2.35. The van der Waals surface area contributed by atoms with Crippen LogP contribution in [0.5, 0.6) is 5.75 Å². The van der Waals surface area contributed by atoms with Gasteiger partial charge in [-0.3, -0.25) is 0 Å². The highest BCUT2D eigenvalue weighted by atomic mass is 79.9. The molecule has 0 N–H and O–H groups in total. The first-order chi connectivity index (χ1) is 7.69. The Labute approximate surface area is 102 Å². The molecule has 0 amide bonds. The molecule has 5 heteroatoms. The summed E-state index contributed by atoms with van der Waals surface area (Å²) in [7, 11) is 2.73. The van der Waals surface area contributed by atoms with E-state index in [9.17, 15) is 4.79 Å². The van der Waals surface area contributed by atoms with Crippen molar-refractivity contribution in [1.82, 2.24) is 0 Å². The fourth-order valence-electron chi connectivity index (χ4n) is 1.35. The zero-order chi connectivity index (χ0) is 12.1. The second-order valence-corrected chi connectivity index (χ2v) is 3.47. The molecule has 0 aliphatic rings. The molecular formula is C11H10BrNO3. The zero-order valence-corrected chi connectivity index (χ0v) is 10.5. The van der Waals surface area contributed by atoms with Gasteiger partial charge in [0.15, 0.2) is 0 Å². The number of carbonyl (C=O) groups excluding carboxylic acids is 1. The number of hydrogen-bond donors (Lipinski definition) is 0. The average molecular weight is 284 g/mol. The van der Waals surface area contributed by atoms with Crippen molar-refractivity contribution in [3.05, 3.63) is 28.8 Å². The fraction of sp³-hybridized carbons (Fsp3) is 0.273. The summed E-state index contributed by atoms with van der Waals surface area (Å²) in [6, 6.07) is 5.34. The fourth-order valence-corrected chi connectivity index (χ4v) is 1.82. The molecule has 0 bridgehead atoms. The van der Waals surface area contributed by atoms with Gasteiger partial charge < -0.3 is 9.47 Å². The van der Waals surface area contributed by atoms with Crippen molar-refractivity contribution < 1.29 is 14.3 Å². The Kier molecular flexibility index (Phi) is 4.32. The van der Waals surface area contributed by atoms with Crippen LogP contribution in [0.1, 0.15) is 21.5 Å². The van der Waals surface area contributed by atoms with E-state index in [-0.39, 0.29) is 11.1 Å². The van der Waals surface area contributed by atoms with Crippen molar-refractivity contribution in [2.45, 2.75) is 5.33 Å². The summed E-state index contributed by atoms with van der Waals surface area (Å²) in [5.74, 6) is -0.169. The molecule has 1 rings (SSSR count). The van der Waals surface area contributed by atoms with Crippen LogP contribution in [0.3, 0.4) is 0 Å². The quantitative estimate of drug-likeness (QED) is 0.631. The maximum absolute atomic E-state index is 11.6. The summed E-state index contributed by atoms with van der Waals surface area (Å²) in [5.41, 5.74) is 1.15. The second-order valence-electron chi connectivity index (χ2n) is 2.91. The Bertz CT molecular complexity index is 451. The number of rotatable bonds is 3. The minimum Gasteiger partial charge on any atom is -0.495 e. The lowest BCUT2D eigenvalue weighted by Crippen LogP contribution is -2.09. The molecule has 0 unspecified atom stereocenters. The number of nitriles is 1. The van der Waals surface area contributed by atoms with E-state index in [1.807, 2.05) is 6.07 Å². The number of alkyl halides is 1. The van der Waals surface area contributed by atoms with E-state index in [4.69, 9.17) is 10.00 Å². The normalized spacial score (nSPS) is 9.38. The molecule has 16 heavy (non-hydrogen) atoms. The molecule has 0 aliphatic heterocycles. The van der Waals surface area contributed by atoms with Gasteiger partial charge in [-0.05, 0) is 11.6 Å². The highest BCUT2D eigenvalue weighted by molar-refractivity contribution is 9.08. The van der Waals surface area contributed by atoms with Crippen LogP contribution < -0.4 is 4.74 Å². The zero-order valence-electron chi connectivity index (χ0n) is 8.91. The van der Waals surface area contributed by atoms with E-state index >= 15 is 0 Å². The molecule has 0 radical (unpaired) electrons. The number of methoxy groups -OCH3 is 2. The topological polar surface area (TPSA) is 59.3 Å². The Morgan fingerprint density at radius 3 is 2.62 bits per heavy atom. The van der Waals surface area contributed by atoms with Crippen LogP contribution in [0.25, 0.3) is 0 Å². The SMILES string of the molecule is COC(=O)c1c(CBr)ccc(OC)c1C#N. The standard InChI is InChI=1S/C11H10BrNO3/c1-15-9-4-3-7(5-12)10(8(9)6-13)11(14)16-2/h3-4H,5H2,1-2H3. The maximum Gasteiger partial charge on any atom is 0.339 e. The molecular weight excluding hydrogens is 274 g/mol. The lowest BCUT2D eigenvalue weighted by atomic mass is 10.0. The lowest BCUT2D eigenvalue weighted by molar-refractivity contribution is 0.0599. The molecule has 0 aliphatic carbocycles. The molecule has 1 aromatic carbocycles. The monoisotopic (exact) mass is 283 g/mol. The first-order valence-corrected chi connectivity index (χ1v) is 5.56. The second kappa shape index (κ2) is 5.52. The predicted molar refractivity (Wildman–Crippen MR) is 61.7 cm³/mol. The molecule has 84 valence electrons. The van der Waals surface area contributed by atoms with Gasteiger partial charge in [-0.2, -0.15) is 5.26 Å². The molecule has 0 heterocycles.